The quantitative estimate of drug-likeness (QED) is 0.563. The largest absolute Gasteiger partial charge is 0.436 e. The van der Waals surface area contributed by atoms with Gasteiger partial charge in [0.05, 0.1) is 0 Å². The minimum Gasteiger partial charge on any atom is -0.436 e. The molecule has 0 spiro atoms. The molecule has 0 unspecified atom stereocenters. The van der Waals surface area contributed by atoms with Gasteiger partial charge in [-0.1, -0.05) is 17.7 Å². The summed E-state index contributed by atoms with van der Waals surface area (Å²) in [5.41, 5.74) is 1.33. The van der Waals surface area contributed by atoms with E-state index in [1.807, 2.05) is 19.1 Å². The number of rotatable bonds is 5. The number of benzene rings is 2. The van der Waals surface area contributed by atoms with Crippen molar-refractivity contribution >= 4 is 17.2 Å². The van der Waals surface area contributed by atoms with Crippen LogP contribution in [0.4, 0.5) is 10.1 Å². The molecule has 29 heavy (non-hydrogen) atoms. The summed E-state index contributed by atoms with van der Waals surface area (Å²) in [6.45, 7) is 1.67. The van der Waals surface area contributed by atoms with Crippen LogP contribution in [0.5, 0.6) is 11.6 Å². The Bertz CT molecular complexity index is 1230. The number of nitrogens with one attached hydrogen (secondary N) is 1. The average molecular weight is 393 g/mol. The van der Waals surface area contributed by atoms with E-state index in [0.29, 0.717) is 11.4 Å². The number of aromatic nitrogens is 4. The van der Waals surface area contributed by atoms with Crippen molar-refractivity contribution < 1.29 is 13.9 Å². The number of amides is 1. The summed E-state index contributed by atoms with van der Waals surface area (Å²) in [5.74, 6) is -0.392. The zero-order valence-corrected chi connectivity index (χ0v) is 15.4. The summed E-state index contributed by atoms with van der Waals surface area (Å²) in [6, 6.07) is 12.7. The Morgan fingerprint density at radius 2 is 1.86 bits per heavy atom. The molecule has 0 saturated heterocycles. The maximum absolute atomic E-state index is 13.1. The molecule has 2 heterocycles. The molecule has 0 radical (unpaired) electrons. The van der Waals surface area contributed by atoms with Gasteiger partial charge in [-0.2, -0.15) is 0 Å². The van der Waals surface area contributed by atoms with Gasteiger partial charge in [-0.25, -0.2) is 23.3 Å². The van der Waals surface area contributed by atoms with Crippen molar-refractivity contribution in [2.45, 2.75) is 13.5 Å². The molecule has 0 atom stereocenters. The SMILES string of the molecule is Cc1ccc(NC(=O)Cn2nc3c(Oc4ccc(F)cc4)nccn3c2=O)cc1. The fourth-order valence-electron chi connectivity index (χ4n) is 2.69. The van der Waals surface area contributed by atoms with Gasteiger partial charge in [0.25, 0.3) is 5.88 Å². The van der Waals surface area contributed by atoms with E-state index in [9.17, 15) is 14.0 Å². The Morgan fingerprint density at radius 3 is 2.59 bits per heavy atom. The van der Waals surface area contributed by atoms with Gasteiger partial charge in [0.2, 0.25) is 11.6 Å². The van der Waals surface area contributed by atoms with E-state index in [1.165, 1.54) is 41.1 Å². The number of hydrogen-bond donors (Lipinski definition) is 1. The van der Waals surface area contributed by atoms with Crippen LogP contribution >= 0.6 is 0 Å². The van der Waals surface area contributed by atoms with Gasteiger partial charge < -0.3 is 10.1 Å². The van der Waals surface area contributed by atoms with Crippen LogP contribution in [0.15, 0.2) is 65.7 Å². The van der Waals surface area contributed by atoms with Crippen molar-refractivity contribution in [1.29, 1.82) is 0 Å². The molecule has 0 fully saturated rings. The minimum absolute atomic E-state index is 0.0638. The van der Waals surface area contributed by atoms with Gasteiger partial charge >= 0.3 is 5.69 Å². The molecule has 2 aromatic carbocycles. The zero-order valence-electron chi connectivity index (χ0n) is 15.4. The first-order valence-electron chi connectivity index (χ1n) is 8.74. The second kappa shape index (κ2) is 7.55. The fourth-order valence-corrected chi connectivity index (χ4v) is 2.69. The number of anilines is 1. The van der Waals surface area contributed by atoms with Crippen LogP contribution in [-0.2, 0) is 11.3 Å². The van der Waals surface area contributed by atoms with Gasteiger partial charge in [0, 0.05) is 18.1 Å². The highest BCUT2D eigenvalue weighted by molar-refractivity contribution is 5.90. The third-order valence-electron chi connectivity index (χ3n) is 4.13. The predicted octanol–water partition coefficient (Wildman–Crippen LogP) is 2.77. The van der Waals surface area contributed by atoms with Crippen molar-refractivity contribution in [1.82, 2.24) is 19.2 Å². The van der Waals surface area contributed by atoms with Crippen molar-refractivity contribution in [2.75, 3.05) is 5.32 Å². The minimum atomic E-state index is -0.509. The molecular formula is C20H16FN5O3. The molecule has 1 N–H and O–H groups in total. The number of ether oxygens (including phenoxy) is 1. The predicted molar refractivity (Wildman–Crippen MR) is 104 cm³/mol. The molecule has 0 saturated carbocycles. The van der Waals surface area contributed by atoms with Gasteiger partial charge in [-0.15, -0.1) is 5.10 Å². The molecule has 0 aliphatic heterocycles. The van der Waals surface area contributed by atoms with E-state index in [4.69, 9.17) is 4.74 Å². The lowest BCUT2D eigenvalue weighted by molar-refractivity contribution is -0.117. The molecule has 9 heteroatoms. The highest BCUT2D eigenvalue weighted by Crippen LogP contribution is 2.22. The van der Waals surface area contributed by atoms with Crippen LogP contribution in [-0.4, -0.2) is 25.1 Å². The summed E-state index contributed by atoms with van der Waals surface area (Å²) in [4.78, 5) is 28.9. The van der Waals surface area contributed by atoms with Crippen LogP contribution in [0.2, 0.25) is 0 Å². The van der Waals surface area contributed by atoms with E-state index >= 15 is 0 Å². The molecule has 8 nitrogen and oxygen atoms in total. The Balaban J connectivity index is 1.58. The number of halogens is 1. The first kappa shape index (κ1) is 18.4. The van der Waals surface area contributed by atoms with Crippen LogP contribution in [0.1, 0.15) is 5.56 Å². The van der Waals surface area contributed by atoms with Crippen molar-refractivity contribution in [3.05, 3.63) is 82.8 Å². The molecule has 2 aromatic heterocycles. The topological polar surface area (TPSA) is 90.5 Å². The highest BCUT2D eigenvalue weighted by Gasteiger charge is 2.15. The van der Waals surface area contributed by atoms with Gasteiger partial charge in [0.15, 0.2) is 0 Å². The van der Waals surface area contributed by atoms with Crippen molar-refractivity contribution in [3.8, 4) is 11.6 Å². The third kappa shape index (κ3) is 3.98. The monoisotopic (exact) mass is 393 g/mol. The summed E-state index contributed by atoms with van der Waals surface area (Å²) in [7, 11) is 0. The lowest BCUT2D eigenvalue weighted by atomic mass is 10.2. The number of fused-ring (bicyclic) bond motifs is 1. The van der Waals surface area contributed by atoms with E-state index in [-0.39, 0.29) is 18.1 Å². The second-order valence-corrected chi connectivity index (χ2v) is 6.34. The molecule has 4 aromatic rings. The number of carbonyl (C=O) groups is 1. The number of hydrogen-bond acceptors (Lipinski definition) is 5. The maximum atomic E-state index is 13.1. The van der Waals surface area contributed by atoms with Crippen LogP contribution in [0, 0.1) is 12.7 Å². The second-order valence-electron chi connectivity index (χ2n) is 6.34. The molecule has 0 aliphatic carbocycles. The van der Waals surface area contributed by atoms with Crippen molar-refractivity contribution in [2.24, 2.45) is 0 Å². The molecule has 0 bridgehead atoms. The maximum Gasteiger partial charge on any atom is 0.351 e. The van der Waals surface area contributed by atoms with Crippen LogP contribution < -0.4 is 15.7 Å². The third-order valence-corrected chi connectivity index (χ3v) is 4.13. The molecule has 0 aliphatic rings. The highest BCUT2D eigenvalue weighted by atomic mass is 19.1. The number of aryl methyl sites for hydroxylation is 1. The Labute approximate surface area is 164 Å². The molecule has 4 rings (SSSR count). The first-order valence-corrected chi connectivity index (χ1v) is 8.74. The normalized spacial score (nSPS) is 10.8. The summed E-state index contributed by atoms with van der Waals surface area (Å²) < 4.78 is 20.9. The van der Waals surface area contributed by atoms with Gasteiger partial charge in [-0.05, 0) is 43.3 Å². The van der Waals surface area contributed by atoms with Gasteiger partial charge in [-0.3, -0.25) is 4.79 Å². The number of carbonyl (C=O) groups excluding carboxylic acids is 1. The van der Waals surface area contributed by atoms with Gasteiger partial charge in [0.1, 0.15) is 18.1 Å². The first-order chi connectivity index (χ1) is 14.0. The Morgan fingerprint density at radius 1 is 1.14 bits per heavy atom. The smallest absolute Gasteiger partial charge is 0.351 e. The van der Waals surface area contributed by atoms with E-state index in [2.05, 4.69) is 15.4 Å². The summed E-state index contributed by atoms with van der Waals surface area (Å²) >= 11 is 0. The average Bonchev–Trinajstić information content (AvgIpc) is 3.02. The van der Waals surface area contributed by atoms with Crippen LogP contribution in [0.3, 0.4) is 0 Å². The van der Waals surface area contributed by atoms with E-state index in [0.717, 1.165) is 10.2 Å². The molecule has 146 valence electrons. The van der Waals surface area contributed by atoms with E-state index in [1.54, 1.807) is 12.1 Å². The standard InChI is InChI=1S/C20H16FN5O3/c1-13-2-6-15(7-3-13)23-17(27)12-26-20(28)25-11-10-22-19(18(25)24-26)29-16-8-4-14(21)5-9-16/h2-11H,12H2,1H3,(H,23,27). The molecule has 1 amide bonds. The Kier molecular flexibility index (Phi) is 4.78. The fraction of sp³-hybridized carbons (Fsp3) is 0.100. The van der Waals surface area contributed by atoms with Crippen molar-refractivity contribution in [3.63, 3.8) is 0 Å². The lowest BCUT2D eigenvalue weighted by Crippen LogP contribution is -2.28. The van der Waals surface area contributed by atoms with Crippen LogP contribution in [0.25, 0.3) is 5.65 Å². The lowest BCUT2D eigenvalue weighted by Gasteiger charge is -2.05. The van der Waals surface area contributed by atoms with E-state index < -0.39 is 17.4 Å². The molecular weight excluding hydrogens is 377 g/mol. The Hall–Kier alpha value is -4.01. The summed E-state index contributed by atoms with van der Waals surface area (Å²) in [5, 5.41) is 6.88. The summed E-state index contributed by atoms with van der Waals surface area (Å²) in [6.07, 6.45) is 2.81. The zero-order chi connectivity index (χ0) is 20.4. The number of nitrogens with zero attached hydrogens (tertiary/aromatic N) is 4.